The van der Waals surface area contributed by atoms with Gasteiger partial charge in [0.05, 0.1) is 18.8 Å². The number of aliphatic hydroxyl groups is 2. The average Bonchev–Trinajstić information content (AvgIpc) is 2.42. The molecule has 0 saturated carbocycles. The molecule has 0 aromatic carbocycles. The van der Waals surface area contributed by atoms with E-state index in [0.717, 1.165) is 6.42 Å². The summed E-state index contributed by atoms with van der Waals surface area (Å²) in [6, 6.07) is 0. The molecule has 1 fully saturated rings. The van der Waals surface area contributed by atoms with Crippen LogP contribution in [0.15, 0.2) is 0 Å². The molecule has 0 aromatic rings. The Morgan fingerprint density at radius 2 is 2.00 bits per heavy atom. The van der Waals surface area contributed by atoms with Crippen molar-refractivity contribution in [2.24, 2.45) is 0 Å². The molecule has 1 heterocycles. The first-order valence-corrected chi connectivity index (χ1v) is 4.98. The molecule has 82 valence electrons. The van der Waals surface area contributed by atoms with Gasteiger partial charge in [0, 0.05) is 19.6 Å². The Balaban J connectivity index is 2.21. The molecule has 1 rings (SSSR count). The van der Waals surface area contributed by atoms with Crippen LogP contribution < -0.4 is 5.32 Å². The summed E-state index contributed by atoms with van der Waals surface area (Å²) in [5.41, 5.74) is 0. The smallest absolute Gasteiger partial charge is 0.234 e. The van der Waals surface area contributed by atoms with Crippen molar-refractivity contribution in [2.45, 2.75) is 25.6 Å². The molecule has 3 N–H and O–H groups in total. The molecule has 5 heteroatoms. The number of β-amino-alcohol motifs (C(OH)–C–C–N with tert-alkyl or cyclic N) is 2. The van der Waals surface area contributed by atoms with E-state index >= 15 is 0 Å². The summed E-state index contributed by atoms with van der Waals surface area (Å²) < 4.78 is 0. The summed E-state index contributed by atoms with van der Waals surface area (Å²) in [6.45, 7) is 3.68. The third kappa shape index (κ3) is 3.25. The zero-order valence-electron chi connectivity index (χ0n) is 8.44. The van der Waals surface area contributed by atoms with Crippen molar-refractivity contribution >= 4 is 5.91 Å². The second kappa shape index (κ2) is 5.29. The van der Waals surface area contributed by atoms with Crippen LogP contribution in [-0.4, -0.2) is 59.4 Å². The molecular weight excluding hydrogens is 184 g/mol. The van der Waals surface area contributed by atoms with Gasteiger partial charge in [0.15, 0.2) is 0 Å². The summed E-state index contributed by atoms with van der Waals surface area (Å²) >= 11 is 0. The van der Waals surface area contributed by atoms with Crippen LogP contribution in [0.5, 0.6) is 0 Å². The van der Waals surface area contributed by atoms with E-state index in [-0.39, 0.29) is 12.5 Å². The highest BCUT2D eigenvalue weighted by molar-refractivity contribution is 5.78. The van der Waals surface area contributed by atoms with Gasteiger partial charge in [-0.05, 0) is 6.42 Å². The van der Waals surface area contributed by atoms with Crippen LogP contribution in [0, 0.1) is 0 Å². The fraction of sp³-hybridized carbons (Fsp3) is 0.889. The maximum absolute atomic E-state index is 11.3. The minimum Gasteiger partial charge on any atom is -0.389 e. The Hall–Kier alpha value is -0.650. The lowest BCUT2D eigenvalue weighted by Crippen LogP contribution is -2.36. The third-order valence-corrected chi connectivity index (χ3v) is 2.27. The predicted octanol–water partition coefficient (Wildman–Crippen LogP) is -1.45. The fourth-order valence-corrected chi connectivity index (χ4v) is 1.50. The summed E-state index contributed by atoms with van der Waals surface area (Å²) in [5.74, 6) is -0.0480. The highest BCUT2D eigenvalue weighted by Gasteiger charge is 2.30. The van der Waals surface area contributed by atoms with Gasteiger partial charge in [0.2, 0.25) is 5.91 Å². The van der Waals surface area contributed by atoms with Crippen LogP contribution in [0.2, 0.25) is 0 Å². The number of hydrogen-bond acceptors (Lipinski definition) is 4. The van der Waals surface area contributed by atoms with E-state index in [0.29, 0.717) is 19.6 Å². The number of likely N-dealkylation sites (tertiary alicyclic amines) is 1. The molecule has 2 unspecified atom stereocenters. The van der Waals surface area contributed by atoms with Crippen molar-refractivity contribution in [3.63, 3.8) is 0 Å². The molecule has 0 spiro atoms. The molecule has 0 bridgehead atoms. The first kappa shape index (κ1) is 11.4. The molecule has 1 aliphatic heterocycles. The monoisotopic (exact) mass is 202 g/mol. The number of amides is 1. The maximum Gasteiger partial charge on any atom is 0.234 e. The average molecular weight is 202 g/mol. The maximum atomic E-state index is 11.3. The summed E-state index contributed by atoms with van der Waals surface area (Å²) in [7, 11) is 0. The van der Waals surface area contributed by atoms with Crippen LogP contribution in [0.1, 0.15) is 13.3 Å². The van der Waals surface area contributed by atoms with E-state index in [4.69, 9.17) is 0 Å². The van der Waals surface area contributed by atoms with Gasteiger partial charge < -0.3 is 15.5 Å². The van der Waals surface area contributed by atoms with Gasteiger partial charge in [-0.25, -0.2) is 0 Å². The van der Waals surface area contributed by atoms with Crippen LogP contribution in [-0.2, 0) is 4.79 Å². The van der Waals surface area contributed by atoms with Crippen molar-refractivity contribution in [1.29, 1.82) is 0 Å². The minimum atomic E-state index is -0.714. The number of carbonyl (C=O) groups is 1. The Morgan fingerprint density at radius 3 is 2.50 bits per heavy atom. The quantitative estimate of drug-likeness (QED) is 0.521. The highest BCUT2D eigenvalue weighted by Crippen LogP contribution is 2.08. The molecule has 2 atom stereocenters. The summed E-state index contributed by atoms with van der Waals surface area (Å²) in [4.78, 5) is 13.0. The molecule has 14 heavy (non-hydrogen) atoms. The zero-order valence-corrected chi connectivity index (χ0v) is 8.44. The number of aliphatic hydroxyl groups excluding tert-OH is 2. The molecular formula is C9H18N2O3. The second-order valence-corrected chi connectivity index (χ2v) is 3.68. The number of nitrogens with zero attached hydrogens (tertiary/aromatic N) is 1. The highest BCUT2D eigenvalue weighted by atomic mass is 16.3. The van der Waals surface area contributed by atoms with Crippen LogP contribution >= 0.6 is 0 Å². The van der Waals surface area contributed by atoms with E-state index in [1.807, 2.05) is 6.92 Å². The second-order valence-electron chi connectivity index (χ2n) is 3.68. The van der Waals surface area contributed by atoms with Crippen LogP contribution in [0.4, 0.5) is 0 Å². The summed E-state index contributed by atoms with van der Waals surface area (Å²) in [5, 5.41) is 21.2. The van der Waals surface area contributed by atoms with Gasteiger partial charge >= 0.3 is 0 Å². The van der Waals surface area contributed by atoms with E-state index in [1.165, 1.54) is 0 Å². The molecule has 1 aliphatic rings. The number of nitrogens with one attached hydrogen (secondary N) is 1. The van der Waals surface area contributed by atoms with Crippen molar-refractivity contribution in [3.8, 4) is 0 Å². The molecule has 0 aliphatic carbocycles. The number of carbonyl (C=O) groups excluding carboxylic acids is 1. The largest absolute Gasteiger partial charge is 0.389 e. The molecule has 0 aromatic heterocycles. The fourth-order valence-electron chi connectivity index (χ4n) is 1.50. The first-order valence-electron chi connectivity index (χ1n) is 4.98. The SMILES string of the molecule is CCCNC(=O)CN1CC(O)C(O)C1. The van der Waals surface area contributed by atoms with Crippen molar-refractivity contribution in [3.05, 3.63) is 0 Å². The molecule has 0 radical (unpaired) electrons. The Kier molecular flexibility index (Phi) is 4.31. The Labute approximate surface area is 83.7 Å². The van der Waals surface area contributed by atoms with E-state index < -0.39 is 12.2 Å². The van der Waals surface area contributed by atoms with Gasteiger partial charge in [0.25, 0.3) is 0 Å². The van der Waals surface area contributed by atoms with Gasteiger partial charge in [-0.1, -0.05) is 6.92 Å². The standard InChI is InChI=1S/C9H18N2O3/c1-2-3-10-9(14)6-11-4-7(12)8(13)5-11/h7-8,12-13H,2-6H2,1H3,(H,10,14). The lowest BCUT2D eigenvalue weighted by Gasteiger charge is -2.13. The van der Waals surface area contributed by atoms with Crippen molar-refractivity contribution < 1.29 is 15.0 Å². The zero-order chi connectivity index (χ0) is 10.6. The van der Waals surface area contributed by atoms with Crippen LogP contribution in [0.3, 0.4) is 0 Å². The van der Waals surface area contributed by atoms with Crippen molar-refractivity contribution in [2.75, 3.05) is 26.2 Å². The molecule has 1 amide bonds. The van der Waals surface area contributed by atoms with Crippen molar-refractivity contribution in [1.82, 2.24) is 10.2 Å². The Morgan fingerprint density at radius 1 is 1.43 bits per heavy atom. The third-order valence-electron chi connectivity index (χ3n) is 2.27. The molecule has 5 nitrogen and oxygen atoms in total. The lowest BCUT2D eigenvalue weighted by molar-refractivity contribution is -0.122. The topological polar surface area (TPSA) is 72.8 Å². The molecule has 1 saturated heterocycles. The normalized spacial score (nSPS) is 27.9. The first-order chi connectivity index (χ1) is 6.63. The van der Waals surface area contributed by atoms with Gasteiger partial charge in [-0.3, -0.25) is 9.69 Å². The van der Waals surface area contributed by atoms with Gasteiger partial charge in [-0.2, -0.15) is 0 Å². The van der Waals surface area contributed by atoms with Gasteiger partial charge in [0.1, 0.15) is 0 Å². The predicted molar refractivity (Wildman–Crippen MR) is 51.8 cm³/mol. The minimum absolute atomic E-state index is 0.0480. The van der Waals surface area contributed by atoms with E-state index in [9.17, 15) is 15.0 Å². The number of hydrogen-bond donors (Lipinski definition) is 3. The Bertz CT molecular complexity index is 188. The van der Waals surface area contributed by atoms with E-state index in [1.54, 1.807) is 4.90 Å². The number of rotatable bonds is 4. The lowest BCUT2D eigenvalue weighted by atomic mass is 10.3. The van der Waals surface area contributed by atoms with Crippen LogP contribution in [0.25, 0.3) is 0 Å². The van der Waals surface area contributed by atoms with E-state index in [2.05, 4.69) is 5.32 Å². The summed E-state index contributed by atoms with van der Waals surface area (Å²) in [6.07, 6.45) is -0.514. The van der Waals surface area contributed by atoms with Gasteiger partial charge in [-0.15, -0.1) is 0 Å².